The summed E-state index contributed by atoms with van der Waals surface area (Å²) in [5, 5.41) is 9.53. The zero-order valence-corrected chi connectivity index (χ0v) is 14.1. The van der Waals surface area contributed by atoms with Gasteiger partial charge in [0.25, 0.3) is 0 Å². The lowest BCUT2D eigenvalue weighted by atomic mass is 9.78. The number of rotatable bonds is 7. The molecule has 2 aromatic carbocycles. The first-order chi connectivity index (χ1) is 12.0. The maximum Gasteiger partial charge on any atom is 0.335 e. The van der Waals surface area contributed by atoms with Crippen molar-refractivity contribution in [2.45, 2.75) is 5.92 Å². The van der Waals surface area contributed by atoms with E-state index in [1.807, 2.05) is 12.1 Å². The normalized spacial score (nSPS) is 12.7. The molecule has 0 aliphatic carbocycles. The van der Waals surface area contributed by atoms with Crippen molar-refractivity contribution < 1.29 is 24.2 Å². The molecule has 0 heterocycles. The molecule has 2 aromatic rings. The van der Waals surface area contributed by atoms with Crippen LogP contribution >= 0.6 is 0 Å². The van der Waals surface area contributed by atoms with E-state index in [1.54, 1.807) is 37.4 Å². The Balaban J connectivity index is 2.65. The lowest BCUT2D eigenvalue weighted by Gasteiger charge is -2.25. The Labute approximate surface area is 146 Å². The molecule has 130 valence electrons. The average Bonchev–Trinajstić information content (AvgIpc) is 2.65. The number of carbonyl (C=O) groups is 2. The zero-order valence-electron chi connectivity index (χ0n) is 14.1. The van der Waals surface area contributed by atoms with E-state index in [2.05, 4.69) is 6.58 Å². The van der Waals surface area contributed by atoms with Crippen LogP contribution in [-0.2, 0) is 9.53 Å². The van der Waals surface area contributed by atoms with Crippen molar-refractivity contribution in [3.05, 3.63) is 77.9 Å². The van der Waals surface area contributed by atoms with E-state index in [-0.39, 0.29) is 5.56 Å². The summed E-state index contributed by atoms with van der Waals surface area (Å²) in [5.74, 6) is -2.12. The molecule has 0 aliphatic rings. The fourth-order valence-corrected chi connectivity index (χ4v) is 2.86. The van der Waals surface area contributed by atoms with Crippen LogP contribution in [0.1, 0.15) is 27.4 Å². The van der Waals surface area contributed by atoms with E-state index in [9.17, 15) is 14.7 Å². The van der Waals surface area contributed by atoms with E-state index in [0.717, 1.165) is 5.56 Å². The number of ether oxygens (including phenoxy) is 2. The van der Waals surface area contributed by atoms with Crippen LogP contribution in [-0.4, -0.2) is 31.3 Å². The summed E-state index contributed by atoms with van der Waals surface area (Å²) in [6.07, 6.45) is 1.49. The molecule has 0 saturated heterocycles. The van der Waals surface area contributed by atoms with E-state index in [4.69, 9.17) is 9.47 Å². The topological polar surface area (TPSA) is 72.8 Å². The summed E-state index contributed by atoms with van der Waals surface area (Å²) in [4.78, 5) is 23.9. The smallest absolute Gasteiger partial charge is 0.335 e. The first-order valence-electron chi connectivity index (χ1n) is 7.70. The van der Waals surface area contributed by atoms with Crippen LogP contribution in [0.4, 0.5) is 0 Å². The van der Waals surface area contributed by atoms with E-state index >= 15 is 0 Å². The van der Waals surface area contributed by atoms with Gasteiger partial charge in [-0.05, 0) is 29.3 Å². The Morgan fingerprint density at radius 2 is 1.72 bits per heavy atom. The predicted octanol–water partition coefficient (Wildman–Crippen LogP) is 3.50. The second-order valence-electron chi connectivity index (χ2n) is 5.43. The Morgan fingerprint density at radius 1 is 1.08 bits per heavy atom. The highest BCUT2D eigenvalue weighted by Gasteiger charge is 2.32. The fraction of sp³-hybridized carbons (Fsp3) is 0.200. The molecule has 0 aromatic heterocycles. The first-order valence-corrected chi connectivity index (χ1v) is 7.70. The molecule has 25 heavy (non-hydrogen) atoms. The van der Waals surface area contributed by atoms with Crippen LogP contribution in [0.15, 0.2) is 61.2 Å². The van der Waals surface area contributed by atoms with Gasteiger partial charge < -0.3 is 14.6 Å². The third kappa shape index (κ3) is 3.88. The van der Waals surface area contributed by atoms with Gasteiger partial charge in [0.1, 0.15) is 5.75 Å². The minimum atomic E-state index is -1.05. The number of hydrogen-bond acceptors (Lipinski definition) is 4. The van der Waals surface area contributed by atoms with Gasteiger partial charge in [0.2, 0.25) is 0 Å². The number of methoxy groups -OCH3 is 2. The molecule has 0 saturated carbocycles. The lowest BCUT2D eigenvalue weighted by Crippen LogP contribution is -2.24. The van der Waals surface area contributed by atoms with Gasteiger partial charge in [0, 0.05) is 5.92 Å². The Bertz CT molecular complexity index is 764. The number of benzene rings is 2. The highest BCUT2D eigenvalue weighted by molar-refractivity contribution is 5.90. The van der Waals surface area contributed by atoms with Crippen molar-refractivity contribution in [3.8, 4) is 5.75 Å². The van der Waals surface area contributed by atoms with Crippen LogP contribution in [0.2, 0.25) is 0 Å². The third-order valence-electron chi connectivity index (χ3n) is 4.09. The molecule has 5 nitrogen and oxygen atoms in total. The van der Waals surface area contributed by atoms with Crippen molar-refractivity contribution in [3.63, 3.8) is 0 Å². The zero-order chi connectivity index (χ0) is 18.4. The standard InChI is InChI=1S/C20H20O5/c1-4-15(20(23)25-3)18(13-9-11-14(24-2)12-10-13)16-7-5-6-8-17(16)19(21)22/h4-12,15,18H,1H2,2-3H3,(H,21,22). The molecule has 0 bridgehead atoms. The monoisotopic (exact) mass is 340 g/mol. The van der Waals surface area contributed by atoms with E-state index in [0.29, 0.717) is 11.3 Å². The average molecular weight is 340 g/mol. The summed E-state index contributed by atoms with van der Waals surface area (Å²) in [6.45, 7) is 3.74. The molecule has 0 radical (unpaired) electrons. The van der Waals surface area contributed by atoms with E-state index < -0.39 is 23.8 Å². The fourth-order valence-electron chi connectivity index (χ4n) is 2.86. The molecular weight excluding hydrogens is 320 g/mol. The van der Waals surface area contributed by atoms with Crippen LogP contribution in [0.5, 0.6) is 5.75 Å². The van der Waals surface area contributed by atoms with Gasteiger partial charge in [0.05, 0.1) is 25.7 Å². The second kappa shape index (κ2) is 8.15. The first kappa shape index (κ1) is 18.3. The van der Waals surface area contributed by atoms with E-state index in [1.165, 1.54) is 19.3 Å². The van der Waals surface area contributed by atoms with Crippen LogP contribution in [0.25, 0.3) is 0 Å². The number of carboxylic acids is 1. The Hall–Kier alpha value is -3.08. The summed E-state index contributed by atoms with van der Waals surface area (Å²) >= 11 is 0. The molecule has 0 fully saturated rings. The molecule has 0 aliphatic heterocycles. The summed E-state index contributed by atoms with van der Waals surface area (Å²) in [7, 11) is 2.86. The Kier molecular flexibility index (Phi) is 5.95. The lowest BCUT2D eigenvalue weighted by molar-refractivity contribution is -0.144. The van der Waals surface area contributed by atoms with Gasteiger partial charge in [-0.15, -0.1) is 6.58 Å². The van der Waals surface area contributed by atoms with Crippen LogP contribution < -0.4 is 4.74 Å². The van der Waals surface area contributed by atoms with Crippen molar-refractivity contribution in [2.24, 2.45) is 5.92 Å². The van der Waals surface area contributed by atoms with Gasteiger partial charge in [-0.25, -0.2) is 4.79 Å². The maximum absolute atomic E-state index is 12.3. The van der Waals surface area contributed by atoms with Gasteiger partial charge in [-0.1, -0.05) is 36.4 Å². The summed E-state index contributed by atoms with van der Waals surface area (Å²) in [5.41, 5.74) is 1.43. The van der Waals surface area contributed by atoms with Gasteiger partial charge in [-0.3, -0.25) is 4.79 Å². The third-order valence-corrected chi connectivity index (χ3v) is 4.09. The van der Waals surface area contributed by atoms with Crippen molar-refractivity contribution in [1.82, 2.24) is 0 Å². The SMILES string of the molecule is C=CC(C(=O)OC)C(c1ccc(OC)cc1)c1ccccc1C(=O)O. The molecule has 0 amide bonds. The van der Waals surface area contributed by atoms with Gasteiger partial charge >= 0.3 is 11.9 Å². The number of carboxylic acid groups (broad SMARTS) is 1. The largest absolute Gasteiger partial charge is 0.497 e. The van der Waals surface area contributed by atoms with Crippen molar-refractivity contribution in [2.75, 3.05) is 14.2 Å². The second-order valence-corrected chi connectivity index (χ2v) is 5.43. The Morgan fingerprint density at radius 3 is 2.24 bits per heavy atom. The molecule has 0 spiro atoms. The molecular formula is C20H20O5. The quantitative estimate of drug-likeness (QED) is 0.617. The molecule has 2 rings (SSSR count). The van der Waals surface area contributed by atoms with Gasteiger partial charge in [-0.2, -0.15) is 0 Å². The summed E-state index contributed by atoms with van der Waals surface area (Å²) < 4.78 is 10.1. The number of esters is 1. The highest BCUT2D eigenvalue weighted by atomic mass is 16.5. The number of hydrogen-bond donors (Lipinski definition) is 1. The molecule has 1 N–H and O–H groups in total. The van der Waals surface area contributed by atoms with Crippen LogP contribution in [0.3, 0.4) is 0 Å². The summed E-state index contributed by atoms with van der Waals surface area (Å²) in [6, 6.07) is 13.8. The predicted molar refractivity (Wildman–Crippen MR) is 93.9 cm³/mol. The molecule has 2 unspecified atom stereocenters. The number of aromatic carboxylic acids is 1. The van der Waals surface area contributed by atoms with Crippen molar-refractivity contribution >= 4 is 11.9 Å². The minimum Gasteiger partial charge on any atom is -0.497 e. The number of carbonyl (C=O) groups excluding carboxylic acids is 1. The van der Waals surface area contributed by atoms with Gasteiger partial charge in [0.15, 0.2) is 0 Å². The van der Waals surface area contributed by atoms with Crippen LogP contribution in [0, 0.1) is 5.92 Å². The minimum absolute atomic E-state index is 0.138. The molecule has 5 heteroatoms. The maximum atomic E-state index is 12.3. The molecule has 2 atom stereocenters. The highest BCUT2D eigenvalue weighted by Crippen LogP contribution is 2.36. The van der Waals surface area contributed by atoms with Crippen molar-refractivity contribution in [1.29, 1.82) is 0 Å².